The van der Waals surface area contributed by atoms with E-state index in [0.717, 1.165) is 54.9 Å². The smallest absolute Gasteiger partial charge is 0.227 e. The van der Waals surface area contributed by atoms with Crippen molar-refractivity contribution in [3.05, 3.63) is 60.3 Å². The normalized spacial score (nSPS) is 15.1. The Morgan fingerprint density at radius 2 is 1.78 bits per heavy atom. The monoisotopic (exact) mass is 360 g/mol. The zero-order chi connectivity index (χ0) is 18.6. The van der Waals surface area contributed by atoms with Crippen molar-refractivity contribution < 1.29 is 4.79 Å². The predicted molar refractivity (Wildman–Crippen MR) is 109 cm³/mol. The van der Waals surface area contributed by atoms with Crippen molar-refractivity contribution in [2.75, 3.05) is 23.3 Å². The minimum Gasteiger partial charge on any atom is -0.355 e. The van der Waals surface area contributed by atoms with Gasteiger partial charge in [-0.3, -0.25) is 9.78 Å². The van der Waals surface area contributed by atoms with E-state index in [2.05, 4.69) is 28.2 Å². The van der Waals surface area contributed by atoms with Crippen LogP contribution in [0.4, 0.5) is 11.5 Å². The molecule has 0 radical (unpaired) electrons. The fraction of sp³-hybridized carbons (Fsp3) is 0.318. The van der Waals surface area contributed by atoms with Gasteiger partial charge < -0.3 is 10.2 Å². The molecule has 1 amide bonds. The highest BCUT2D eigenvalue weighted by Crippen LogP contribution is 2.25. The number of carbonyl (C=O) groups is 1. The zero-order valence-corrected chi connectivity index (χ0v) is 15.6. The maximum atomic E-state index is 12.7. The Morgan fingerprint density at radius 1 is 1.07 bits per heavy atom. The number of nitrogens with zero attached hydrogens (tertiary/aromatic N) is 3. The Balaban J connectivity index is 1.40. The number of para-hydroxylation sites is 3. The Kier molecular flexibility index (Phi) is 5.01. The Morgan fingerprint density at radius 3 is 2.56 bits per heavy atom. The lowest BCUT2D eigenvalue weighted by Gasteiger charge is -2.32. The van der Waals surface area contributed by atoms with Gasteiger partial charge in [-0.15, -0.1) is 0 Å². The lowest BCUT2D eigenvalue weighted by molar-refractivity contribution is -0.120. The van der Waals surface area contributed by atoms with Crippen LogP contribution in [-0.4, -0.2) is 29.0 Å². The number of rotatable bonds is 4. The van der Waals surface area contributed by atoms with Crippen LogP contribution in [0.1, 0.15) is 25.3 Å². The lowest BCUT2D eigenvalue weighted by Crippen LogP contribution is -2.38. The summed E-state index contributed by atoms with van der Waals surface area (Å²) >= 11 is 0. The maximum Gasteiger partial charge on any atom is 0.227 e. The highest BCUT2D eigenvalue weighted by molar-refractivity contribution is 5.93. The van der Waals surface area contributed by atoms with Gasteiger partial charge in [-0.2, -0.15) is 0 Å². The molecular weight excluding hydrogens is 336 g/mol. The minimum absolute atomic E-state index is 0.0413. The summed E-state index contributed by atoms with van der Waals surface area (Å²) in [6.45, 7) is 3.75. The van der Waals surface area contributed by atoms with Crippen molar-refractivity contribution in [2.24, 2.45) is 5.92 Å². The first-order valence-electron chi connectivity index (χ1n) is 9.60. The molecule has 4 rings (SSSR count). The Bertz CT molecular complexity index is 948. The molecule has 1 saturated heterocycles. The van der Waals surface area contributed by atoms with Gasteiger partial charge in [-0.1, -0.05) is 37.3 Å². The number of piperidine rings is 1. The first-order valence-corrected chi connectivity index (χ1v) is 9.60. The molecule has 2 aromatic carbocycles. The summed E-state index contributed by atoms with van der Waals surface area (Å²) < 4.78 is 0. The van der Waals surface area contributed by atoms with Crippen LogP contribution < -0.4 is 10.2 Å². The summed E-state index contributed by atoms with van der Waals surface area (Å²) in [6.07, 6.45) is 4.40. The summed E-state index contributed by atoms with van der Waals surface area (Å²) in [6, 6.07) is 15.9. The molecule has 0 bridgehead atoms. The molecule has 3 aromatic rings. The molecule has 27 heavy (non-hydrogen) atoms. The summed E-state index contributed by atoms with van der Waals surface area (Å²) in [5.74, 6) is 1.06. The molecule has 0 saturated carbocycles. The van der Waals surface area contributed by atoms with E-state index < -0.39 is 0 Å². The summed E-state index contributed by atoms with van der Waals surface area (Å²) in [7, 11) is 0. The third-order valence-electron chi connectivity index (χ3n) is 5.28. The molecule has 0 atom stereocenters. The van der Waals surface area contributed by atoms with E-state index >= 15 is 0 Å². The highest BCUT2D eigenvalue weighted by atomic mass is 16.1. The number of anilines is 2. The van der Waals surface area contributed by atoms with E-state index in [1.165, 1.54) is 5.56 Å². The number of nitrogens with one attached hydrogen (secondary N) is 1. The van der Waals surface area contributed by atoms with E-state index in [9.17, 15) is 4.79 Å². The van der Waals surface area contributed by atoms with Crippen LogP contribution in [0.5, 0.6) is 0 Å². The van der Waals surface area contributed by atoms with E-state index in [1.54, 1.807) is 0 Å². The van der Waals surface area contributed by atoms with Crippen molar-refractivity contribution >= 4 is 28.4 Å². The molecule has 1 fully saturated rings. The quantitative estimate of drug-likeness (QED) is 0.763. The van der Waals surface area contributed by atoms with Crippen LogP contribution in [0.15, 0.2) is 54.7 Å². The molecule has 0 aliphatic carbocycles. The number of hydrogen-bond donors (Lipinski definition) is 1. The molecule has 1 N–H and O–H groups in total. The van der Waals surface area contributed by atoms with E-state index in [-0.39, 0.29) is 11.8 Å². The third kappa shape index (κ3) is 3.77. The Hall–Kier alpha value is -2.95. The van der Waals surface area contributed by atoms with Gasteiger partial charge >= 0.3 is 0 Å². The van der Waals surface area contributed by atoms with Crippen molar-refractivity contribution in [1.82, 2.24) is 9.97 Å². The largest absolute Gasteiger partial charge is 0.355 e. The molecule has 1 aliphatic heterocycles. The van der Waals surface area contributed by atoms with Gasteiger partial charge in [0.1, 0.15) is 5.82 Å². The van der Waals surface area contributed by atoms with E-state index in [4.69, 9.17) is 4.98 Å². The molecule has 138 valence electrons. The second-order valence-electron chi connectivity index (χ2n) is 6.98. The Labute approximate surface area is 159 Å². The maximum absolute atomic E-state index is 12.7. The average molecular weight is 360 g/mol. The van der Waals surface area contributed by atoms with Crippen molar-refractivity contribution in [3.8, 4) is 0 Å². The number of aryl methyl sites for hydroxylation is 1. The van der Waals surface area contributed by atoms with E-state index in [1.807, 2.05) is 48.7 Å². The zero-order valence-electron chi connectivity index (χ0n) is 15.6. The molecule has 1 aliphatic rings. The summed E-state index contributed by atoms with van der Waals surface area (Å²) in [5, 5.41) is 3.12. The number of hydrogen-bond acceptors (Lipinski definition) is 4. The lowest BCUT2D eigenvalue weighted by atomic mass is 9.95. The second kappa shape index (κ2) is 7.74. The van der Waals surface area contributed by atoms with Crippen LogP contribution in [0.25, 0.3) is 11.0 Å². The van der Waals surface area contributed by atoms with Gasteiger partial charge in [0.2, 0.25) is 5.91 Å². The van der Waals surface area contributed by atoms with E-state index in [0.29, 0.717) is 0 Å². The second-order valence-corrected chi connectivity index (χ2v) is 6.98. The SMILES string of the molecule is CCc1ccccc1NC(=O)C1CCN(c2cnc3ccccc3n2)CC1. The fourth-order valence-electron chi connectivity index (χ4n) is 3.66. The molecule has 0 unspecified atom stereocenters. The number of amides is 1. The molecule has 1 aromatic heterocycles. The van der Waals surface area contributed by atoms with Gasteiger partial charge in [0.05, 0.1) is 17.2 Å². The van der Waals surface area contributed by atoms with Crippen LogP contribution in [-0.2, 0) is 11.2 Å². The van der Waals surface area contributed by atoms with Gasteiger partial charge in [0.25, 0.3) is 0 Å². The standard InChI is InChI=1S/C22H24N4O/c1-2-16-7-3-4-8-18(16)25-22(27)17-11-13-26(14-12-17)21-15-23-19-9-5-6-10-20(19)24-21/h3-10,15,17H,2,11-14H2,1H3,(H,25,27). The first-order chi connectivity index (χ1) is 13.2. The first kappa shape index (κ1) is 17.5. The molecule has 0 spiro atoms. The van der Waals surface area contributed by atoms with Crippen LogP contribution in [0, 0.1) is 5.92 Å². The number of aromatic nitrogens is 2. The van der Waals surface area contributed by atoms with Gasteiger partial charge in [-0.05, 0) is 43.0 Å². The molecule has 5 heteroatoms. The van der Waals surface area contributed by atoms with Gasteiger partial charge in [-0.25, -0.2) is 4.98 Å². The molecule has 5 nitrogen and oxygen atoms in total. The predicted octanol–water partition coefficient (Wildman–Crippen LogP) is 4.05. The van der Waals surface area contributed by atoms with Crippen LogP contribution >= 0.6 is 0 Å². The van der Waals surface area contributed by atoms with Crippen LogP contribution in [0.3, 0.4) is 0 Å². The van der Waals surface area contributed by atoms with Gasteiger partial charge in [0, 0.05) is 24.7 Å². The molecular formula is C22H24N4O. The number of benzene rings is 2. The van der Waals surface area contributed by atoms with Crippen LogP contribution in [0.2, 0.25) is 0 Å². The average Bonchev–Trinajstić information content (AvgIpc) is 2.74. The summed E-state index contributed by atoms with van der Waals surface area (Å²) in [5.41, 5.74) is 3.93. The number of carbonyl (C=O) groups excluding carboxylic acids is 1. The van der Waals surface area contributed by atoms with Crippen molar-refractivity contribution in [3.63, 3.8) is 0 Å². The molecule has 2 heterocycles. The van der Waals surface area contributed by atoms with Crippen molar-refractivity contribution in [2.45, 2.75) is 26.2 Å². The third-order valence-corrected chi connectivity index (χ3v) is 5.28. The fourth-order valence-corrected chi connectivity index (χ4v) is 3.66. The summed E-state index contributed by atoms with van der Waals surface area (Å²) in [4.78, 5) is 24.1. The highest BCUT2D eigenvalue weighted by Gasteiger charge is 2.26. The van der Waals surface area contributed by atoms with Gasteiger partial charge in [0.15, 0.2) is 0 Å². The number of fused-ring (bicyclic) bond motifs is 1. The minimum atomic E-state index is 0.0413. The van der Waals surface area contributed by atoms with Crippen molar-refractivity contribution in [1.29, 1.82) is 0 Å². The topological polar surface area (TPSA) is 58.1 Å².